The summed E-state index contributed by atoms with van der Waals surface area (Å²) in [5, 5.41) is 8.51. The Hall–Kier alpha value is -0.410. The molecule has 0 spiro atoms. The van der Waals surface area contributed by atoms with Gasteiger partial charge in [-0.3, -0.25) is 0 Å². The minimum Gasteiger partial charge on any atom is -0.396 e. The summed E-state index contributed by atoms with van der Waals surface area (Å²) in [5.74, 6) is 0.111. The molecule has 1 unspecified atom stereocenters. The maximum absolute atomic E-state index is 10.3. The highest BCUT2D eigenvalue weighted by atomic mass is 16.3. The van der Waals surface area contributed by atoms with Crippen molar-refractivity contribution in [1.29, 1.82) is 0 Å². The van der Waals surface area contributed by atoms with Crippen molar-refractivity contribution in [2.45, 2.75) is 13.3 Å². The van der Waals surface area contributed by atoms with Crippen LogP contribution < -0.4 is 5.73 Å². The van der Waals surface area contributed by atoms with Crippen molar-refractivity contribution in [1.82, 2.24) is 0 Å². The number of nitrogens with two attached hydrogens (primary N) is 1. The van der Waals surface area contributed by atoms with Crippen LogP contribution in [-0.2, 0) is 4.79 Å². The summed E-state index contributed by atoms with van der Waals surface area (Å²) in [4.78, 5) is 10.3. The zero-order valence-electron chi connectivity index (χ0n) is 6.29. The Morgan fingerprint density at radius 1 is 1.70 bits per heavy atom. The molecule has 0 bridgehead atoms. The fraction of sp³-hybridized carbons (Fsp3) is 0.857. The van der Waals surface area contributed by atoms with Gasteiger partial charge in [-0.25, -0.2) is 0 Å². The molecule has 0 aromatic rings. The smallest absolute Gasteiger partial charge is 0.123 e. The van der Waals surface area contributed by atoms with Gasteiger partial charge in [0.2, 0.25) is 0 Å². The number of rotatable bonds is 5. The molecule has 0 fully saturated rings. The van der Waals surface area contributed by atoms with Crippen LogP contribution in [0.15, 0.2) is 0 Å². The summed E-state index contributed by atoms with van der Waals surface area (Å²) in [6, 6.07) is 0. The number of carbonyl (C=O) groups is 1. The SMILES string of the molecule is C[C@H](CN)C(C=O)CCO. The molecular formula is C7H15NO2. The third-order valence-electron chi connectivity index (χ3n) is 1.74. The van der Waals surface area contributed by atoms with E-state index in [1.165, 1.54) is 0 Å². The van der Waals surface area contributed by atoms with Crippen LogP contribution in [0.1, 0.15) is 13.3 Å². The summed E-state index contributed by atoms with van der Waals surface area (Å²) in [6.07, 6.45) is 1.40. The average molecular weight is 145 g/mol. The molecule has 10 heavy (non-hydrogen) atoms. The number of carbonyl (C=O) groups excluding carboxylic acids is 1. The van der Waals surface area contributed by atoms with Crippen LogP contribution in [0, 0.1) is 11.8 Å². The summed E-state index contributed by atoms with van der Waals surface area (Å²) in [5.41, 5.74) is 5.34. The molecule has 0 saturated carbocycles. The van der Waals surface area contributed by atoms with Gasteiger partial charge in [-0.2, -0.15) is 0 Å². The molecule has 0 amide bonds. The first kappa shape index (κ1) is 9.59. The molecule has 0 aliphatic carbocycles. The standard InChI is InChI=1S/C7H15NO2/c1-6(4-8)7(5-10)2-3-9/h5-7,9H,2-4,8H2,1H3/t6-,7?/m1/s1. The van der Waals surface area contributed by atoms with Gasteiger partial charge in [-0.1, -0.05) is 6.92 Å². The average Bonchev–Trinajstić information content (AvgIpc) is 1.99. The van der Waals surface area contributed by atoms with Gasteiger partial charge in [0.25, 0.3) is 0 Å². The fourth-order valence-corrected chi connectivity index (χ4v) is 0.811. The maximum atomic E-state index is 10.3. The topological polar surface area (TPSA) is 63.3 Å². The lowest BCUT2D eigenvalue weighted by molar-refractivity contribution is -0.112. The predicted molar refractivity (Wildman–Crippen MR) is 39.5 cm³/mol. The van der Waals surface area contributed by atoms with E-state index in [4.69, 9.17) is 10.8 Å². The largest absolute Gasteiger partial charge is 0.396 e. The lowest BCUT2D eigenvalue weighted by atomic mass is 9.93. The number of aldehydes is 1. The molecule has 0 rings (SSSR count). The zero-order valence-corrected chi connectivity index (χ0v) is 6.29. The van der Waals surface area contributed by atoms with Crippen LogP contribution in [0.4, 0.5) is 0 Å². The lowest BCUT2D eigenvalue weighted by Crippen LogP contribution is -2.22. The molecule has 0 heterocycles. The van der Waals surface area contributed by atoms with Crippen molar-refractivity contribution in [3.63, 3.8) is 0 Å². The molecular weight excluding hydrogens is 130 g/mol. The number of aliphatic hydroxyl groups is 1. The molecule has 3 N–H and O–H groups in total. The van der Waals surface area contributed by atoms with Gasteiger partial charge in [-0.15, -0.1) is 0 Å². The van der Waals surface area contributed by atoms with Crippen molar-refractivity contribution in [2.24, 2.45) is 17.6 Å². The van der Waals surface area contributed by atoms with E-state index in [9.17, 15) is 4.79 Å². The van der Waals surface area contributed by atoms with Crippen molar-refractivity contribution in [3.05, 3.63) is 0 Å². The molecule has 0 aliphatic heterocycles. The van der Waals surface area contributed by atoms with E-state index in [-0.39, 0.29) is 18.4 Å². The van der Waals surface area contributed by atoms with Crippen molar-refractivity contribution in [2.75, 3.05) is 13.2 Å². The fourth-order valence-electron chi connectivity index (χ4n) is 0.811. The van der Waals surface area contributed by atoms with Gasteiger partial charge in [-0.05, 0) is 18.9 Å². The normalized spacial score (nSPS) is 16.3. The number of hydrogen-bond acceptors (Lipinski definition) is 3. The lowest BCUT2D eigenvalue weighted by Gasteiger charge is -2.14. The summed E-state index contributed by atoms with van der Waals surface area (Å²) in [6.45, 7) is 2.48. The number of hydrogen-bond donors (Lipinski definition) is 2. The highest BCUT2D eigenvalue weighted by Gasteiger charge is 2.13. The van der Waals surface area contributed by atoms with Crippen molar-refractivity contribution >= 4 is 6.29 Å². The van der Waals surface area contributed by atoms with Crippen LogP contribution in [-0.4, -0.2) is 24.5 Å². The van der Waals surface area contributed by atoms with Crippen LogP contribution in [0.3, 0.4) is 0 Å². The molecule has 60 valence electrons. The zero-order chi connectivity index (χ0) is 7.98. The molecule has 0 aromatic heterocycles. The Labute approximate surface area is 61.2 Å². The molecule has 0 aromatic carbocycles. The maximum Gasteiger partial charge on any atom is 0.123 e. The van der Waals surface area contributed by atoms with Gasteiger partial charge >= 0.3 is 0 Å². The van der Waals surface area contributed by atoms with Gasteiger partial charge in [0, 0.05) is 12.5 Å². The Morgan fingerprint density at radius 2 is 2.30 bits per heavy atom. The first-order chi connectivity index (χ1) is 4.76. The summed E-state index contributed by atoms with van der Waals surface area (Å²) in [7, 11) is 0. The third-order valence-corrected chi connectivity index (χ3v) is 1.74. The molecule has 2 atom stereocenters. The third kappa shape index (κ3) is 2.94. The Bertz CT molecular complexity index is 95.6. The van der Waals surface area contributed by atoms with Crippen molar-refractivity contribution < 1.29 is 9.90 Å². The first-order valence-corrected chi connectivity index (χ1v) is 3.52. The van der Waals surface area contributed by atoms with Crippen LogP contribution >= 0.6 is 0 Å². The second-order valence-electron chi connectivity index (χ2n) is 2.53. The van der Waals surface area contributed by atoms with E-state index >= 15 is 0 Å². The molecule has 3 nitrogen and oxygen atoms in total. The Morgan fingerprint density at radius 3 is 2.60 bits per heavy atom. The van der Waals surface area contributed by atoms with Crippen LogP contribution in [0.25, 0.3) is 0 Å². The number of aliphatic hydroxyl groups excluding tert-OH is 1. The predicted octanol–water partition coefficient (Wildman–Crippen LogP) is -0.221. The minimum atomic E-state index is -0.0741. The van der Waals surface area contributed by atoms with Crippen LogP contribution in [0.2, 0.25) is 0 Å². The van der Waals surface area contributed by atoms with E-state index in [2.05, 4.69) is 0 Å². The molecule has 0 aliphatic rings. The van der Waals surface area contributed by atoms with Gasteiger partial charge in [0.15, 0.2) is 0 Å². The van der Waals surface area contributed by atoms with E-state index in [1.807, 2.05) is 6.92 Å². The first-order valence-electron chi connectivity index (χ1n) is 3.52. The quantitative estimate of drug-likeness (QED) is 0.526. The molecule has 3 heteroatoms. The van der Waals surface area contributed by atoms with E-state index in [0.717, 1.165) is 6.29 Å². The highest BCUT2D eigenvalue weighted by Crippen LogP contribution is 2.10. The van der Waals surface area contributed by atoms with E-state index in [1.54, 1.807) is 0 Å². The van der Waals surface area contributed by atoms with Crippen LogP contribution in [0.5, 0.6) is 0 Å². The summed E-state index contributed by atoms with van der Waals surface area (Å²) < 4.78 is 0. The Kier molecular flexibility index (Phi) is 5.16. The van der Waals surface area contributed by atoms with Crippen molar-refractivity contribution in [3.8, 4) is 0 Å². The highest BCUT2D eigenvalue weighted by molar-refractivity contribution is 5.53. The second kappa shape index (κ2) is 5.38. The molecule has 0 saturated heterocycles. The minimum absolute atomic E-state index is 0.0632. The van der Waals surface area contributed by atoms with Gasteiger partial charge in [0.05, 0.1) is 0 Å². The Balaban J connectivity index is 3.67. The van der Waals surface area contributed by atoms with E-state index < -0.39 is 0 Å². The van der Waals surface area contributed by atoms with Gasteiger partial charge in [0.1, 0.15) is 6.29 Å². The van der Waals surface area contributed by atoms with Gasteiger partial charge < -0.3 is 15.6 Å². The second-order valence-corrected chi connectivity index (χ2v) is 2.53. The monoisotopic (exact) mass is 145 g/mol. The summed E-state index contributed by atoms with van der Waals surface area (Å²) >= 11 is 0. The molecule has 0 radical (unpaired) electrons. The van der Waals surface area contributed by atoms with E-state index in [0.29, 0.717) is 13.0 Å².